The average Bonchev–Trinajstić information content (AvgIpc) is 3.40. The van der Waals surface area contributed by atoms with Crippen molar-refractivity contribution < 1.29 is 47.4 Å². The van der Waals surface area contributed by atoms with E-state index in [1.807, 2.05) is 30.3 Å². The number of anilines is 1. The fourth-order valence-corrected chi connectivity index (χ4v) is 3.02. The van der Waals surface area contributed by atoms with Crippen LogP contribution in [0.2, 0.25) is 0 Å². The lowest BCUT2D eigenvalue weighted by Gasteiger charge is -2.16. The summed E-state index contributed by atoms with van der Waals surface area (Å²) in [6, 6.07) is 14.3. The second-order valence-electron chi connectivity index (χ2n) is 7.97. The SMILES string of the molecule is NC(N)=NC(=O)c1ccc(C(=O)NCC(=O)N[C@@H](CO)C(=O)Nc2ccc3ccccc3c2)[nH]1.O=C(O)C(F)(F)F. The van der Waals surface area contributed by atoms with E-state index in [-0.39, 0.29) is 11.4 Å². The van der Waals surface area contributed by atoms with Gasteiger partial charge in [0.15, 0.2) is 5.96 Å². The van der Waals surface area contributed by atoms with Gasteiger partial charge in [-0.25, -0.2) is 4.79 Å². The fourth-order valence-electron chi connectivity index (χ4n) is 3.02. The zero-order chi connectivity index (χ0) is 30.7. The number of aliphatic hydroxyl groups excluding tert-OH is 1. The van der Waals surface area contributed by atoms with Gasteiger partial charge in [-0.15, -0.1) is 0 Å². The number of guanidine groups is 1. The van der Waals surface area contributed by atoms with Crippen molar-refractivity contribution in [2.75, 3.05) is 18.5 Å². The third-order valence-corrected chi connectivity index (χ3v) is 4.89. The minimum absolute atomic E-state index is 0.00491. The summed E-state index contributed by atoms with van der Waals surface area (Å²) in [5, 5.41) is 25.9. The normalized spacial score (nSPS) is 11.3. The molecule has 2 aromatic carbocycles. The molecule has 1 aromatic heterocycles. The molecule has 0 aliphatic carbocycles. The van der Waals surface area contributed by atoms with Crippen LogP contribution >= 0.6 is 0 Å². The molecular formula is C24H24F3N7O7. The van der Waals surface area contributed by atoms with Gasteiger partial charge in [-0.3, -0.25) is 19.2 Å². The number of nitrogens with zero attached hydrogens (tertiary/aromatic N) is 1. The summed E-state index contributed by atoms with van der Waals surface area (Å²) in [5.74, 6) is -5.95. The molecule has 3 aromatic rings. The first kappa shape index (κ1) is 31.8. The number of carbonyl (C=O) groups excluding carboxylic acids is 4. The van der Waals surface area contributed by atoms with Gasteiger partial charge in [0.05, 0.1) is 13.2 Å². The van der Waals surface area contributed by atoms with Crippen LogP contribution in [0.1, 0.15) is 21.0 Å². The predicted octanol–water partition coefficient (Wildman–Crippen LogP) is 0.0604. The third-order valence-electron chi connectivity index (χ3n) is 4.89. The molecule has 14 nitrogen and oxygen atoms in total. The van der Waals surface area contributed by atoms with Crippen molar-refractivity contribution in [3.05, 3.63) is 66.0 Å². The van der Waals surface area contributed by atoms with Gasteiger partial charge in [-0.2, -0.15) is 18.2 Å². The van der Waals surface area contributed by atoms with Crippen LogP contribution in [0.25, 0.3) is 10.8 Å². The van der Waals surface area contributed by atoms with E-state index in [1.165, 1.54) is 12.1 Å². The zero-order valence-electron chi connectivity index (χ0n) is 20.9. The maximum Gasteiger partial charge on any atom is 0.490 e. The number of aliphatic hydroxyl groups is 1. The van der Waals surface area contributed by atoms with E-state index in [1.54, 1.807) is 12.1 Å². The first-order valence-electron chi connectivity index (χ1n) is 11.3. The summed E-state index contributed by atoms with van der Waals surface area (Å²) in [6.07, 6.45) is -5.08. The molecule has 0 fully saturated rings. The molecule has 0 radical (unpaired) electrons. The molecule has 0 unspecified atom stereocenters. The maximum atomic E-state index is 12.5. The summed E-state index contributed by atoms with van der Waals surface area (Å²) >= 11 is 0. The highest BCUT2D eigenvalue weighted by Gasteiger charge is 2.38. The van der Waals surface area contributed by atoms with E-state index in [4.69, 9.17) is 21.4 Å². The van der Waals surface area contributed by atoms with E-state index in [0.717, 1.165) is 10.8 Å². The minimum Gasteiger partial charge on any atom is -0.475 e. The lowest BCUT2D eigenvalue weighted by molar-refractivity contribution is -0.192. The van der Waals surface area contributed by atoms with Gasteiger partial charge < -0.3 is 42.6 Å². The van der Waals surface area contributed by atoms with Crippen LogP contribution in [0, 0.1) is 0 Å². The number of aliphatic carboxylic acids is 1. The number of nitrogens with one attached hydrogen (secondary N) is 4. The van der Waals surface area contributed by atoms with Gasteiger partial charge in [0, 0.05) is 5.69 Å². The number of hydrogen-bond acceptors (Lipinski definition) is 6. The summed E-state index contributed by atoms with van der Waals surface area (Å²) in [6.45, 7) is -1.12. The Morgan fingerprint density at radius 2 is 1.56 bits per heavy atom. The molecular weight excluding hydrogens is 555 g/mol. The molecule has 0 spiro atoms. The number of rotatable bonds is 8. The Morgan fingerprint density at radius 1 is 0.951 bits per heavy atom. The first-order chi connectivity index (χ1) is 19.2. The van der Waals surface area contributed by atoms with Crippen molar-refractivity contribution >= 4 is 52.0 Å². The number of aromatic amines is 1. The summed E-state index contributed by atoms with van der Waals surface area (Å²) < 4.78 is 31.7. The Bertz CT molecular complexity index is 1470. The number of halogens is 3. The number of nitrogens with two attached hydrogens (primary N) is 2. The van der Waals surface area contributed by atoms with E-state index < -0.39 is 60.9 Å². The van der Waals surface area contributed by atoms with Crippen LogP contribution in [0.15, 0.2) is 59.6 Å². The highest BCUT2D eigenvalue weighted by atomic mass is 19.4. The lowest BCUT2D eigenvalue weighted by atomic mass is 10.1. The average molecular weight is 579 g/mol. The molecule has 0 aliphatic rings. The Balaban J connectivity index is 0.000000745. The number of carboxylic acid groups (broad SMARTS) is 1. The number of hydrogen-bond donors (Lipinski definition) is 8. The number of aromatic nitrogens is 1. The second kappa shape index (κ2) is 14.1. The Morgan fingerprint density at radius 3 is 2.15 bits per heavy atom. The van der Waals surface area contributed by atoms with Gasteiger partial charge in [-0.05, 0) is 35.0 Å². The molecule has 218 valence electrons. The Hall–Kier alpha value is -5.45. The monoisotopic (exact) mass is 579 g/mol. The zero-order valence-corrected chi connectivity index (χ0v) is 20.9. The second-order valence-corrected chi connectivity index (χ2v) is 7.97. The first-order valence-corrected chi connectivity index (χ1v) is 11.3. The van der Waals surface area contributed by atoms with Gasteiger partial charge in [-0.1, -0.05) is 30.3 Å². The smallest absolute Gasteiger partial charge is 0.475 e. The quantitative estimate of drug-likeness (QED) is 0.133. The number of amides is 4. The van der Waals surface area contributed by atoms with Crippen LogP contribution in [0.5, 0.6) is 0 Å². The van der Waals surface area contributed by atoms with Gasteiger partial charge >= 0.3 is 12.1 Å². The van der Waals surface area contributed by atoms with E-state index in [2.05, 4.69) is 25.9 Å². The summed E-state index contributed by atoms with van der Waals surface area (Å²) in [7, 11) is 0. The molecule has 1 heterocycles. The van der Waals surface area contributed by atoms with Gasteiger partial charge in [0.25, 0.3) is 11.8 Å². The van der Waals surface area contributed by atoms with E-state index in [0.29, 0.717) is 5.69 Å². The molecule has 4 amide bonds. The number of fused-ring (bicyclic) bond motifs is 1. The molecule has 41 heavy (non-hydrogen) atoms. The summed E-state index contributed by atoms with van der Waals surface area (Å²) in [5.41, 5.74) is 10.8. The van der Waals surface area contributed by atoms with Crippen molar-refractivity contribution in [3.63, 3.8) is 0 Å². The Kier molecular flexibility index (Phi) is 10.9. The molecule has 0 bridgehead atoms. The van der Waals surface area contributed by atoms with Gasteiger partial charge in [0.1, 0.15) is 17.4 Å². The number of carbonyl (C=O) groups is 5. The van der Waals surface area contributed by atoms with Crippen LogP contribution in [-0.2, 0) is 14.4 Å². The number of H-pyrrole nitrogens is 1. The van der Waals surface area contributed by atoms with Crippen LogP contribution in [-0.4, -0.2) is 76.1 Å². The van der Waals surface area contributed by atoms with Crippen molar-refractivity contribution in [1.29, 1.82) is 0 Å². The van der Waals surface area contributed by atoms with Crippen molar-refractivity contribution in [1.82, 2.24) is 15.6 Å². The fraction of sp³-hybridized carbons (Fsp3) is 0.167. The minimum atomic E-state index is -5.08. The van der Waals surface area contributed by atoms with Crippen molar-refractivity contribution in [2.45, 2.75) is 12.2 Å². The van der Waals surface area contributed by atoms with Crippen molar-refractivity contribution in [2.24, 2.45) is 16.5 Å². The number of alkyl halides is 3. The maximum absolute atomic E-state index is 12.5. The largest absolute Gasteiger partial charge is 0.490 e. The van der Waals surface area contributed by atoms with Crippen LogP contribution in [0.4, 0.5) is 18.9 Å². The molecule has 0 saturated carbocycles. The molecule has 3 rings (SSSR count). The molecule has 17 heteroatoms. The standard InChI is InChI=1S/C22H23N7O5.C2HF3O2/c23-22(24)29-20(33)16-8-7-15(27-16)19(32)25-10-18(31)28-17(11-30)21(34)26-14-6-5-12-3-1-2-4-13(12)9-14;3-2(4,5)1(6)7/h1-9,17,27,30H,10-11H2,(H,25,32)(H,26,34)(H,28,31)(H4,23,24,29,33);(H,6,7)/t17-;/m0./s1. The number of carboxylic acids is 1. The molecule has 10 N–H and O–H groups in total. The number of benzene rings is 2. The molecule has 0 saturated heterocycles. The highest BCUT2D eigenvalue weighted by molar-refractivity contribution is 6.03. The van der Waals surface area contributed by atoms with Crippen LogP contribution < -0.4 is 27.4 Å². The summed E-state index contributed by atoms with van der Waals surface area (Å²) in [4.78, 5) is 63.4. The van der Waals surface area contributed by atoms with Gasteiger partial charge in [0.2, 0.25) is 11.8 Å². The third kappa shape index (κ3) is 9.98. The molecule has 1 atom stereocenters. The van der Waals surface area contributed by atoms with E-state index >= 15 is 0 Å². The Labute approximate surface area is 228 Å². The van der Waals surface area contributed by atoms with Crippen molar-refractivity contribution in [3.8, 4) is 0 Å². The highest BCUT2D eigenvalue weighted by Crippen LogP contribution is 2.19. The van der Waals surface area contributed by atoms with E-state index in [9.17, 15) is 37.5 Å². The topological polar surface area (TPSA) is 242 Å². The number of aliphatic imine (C=N–C) groups is 1. The van der Waals surface area contributed by atoms with Crippen LogP contribution in [0.3, 0.4) is 0 Å². The predicted molar refractivity (Wildman–Crippen MR) is 139 cm³/mol. The lowest BCUT2D eigenvalue weighted by Crippen LogP contribution is -2.49. The molecule has 0 aliphatic heterocycles.